The highest BCUT2D eigenvalue weighted by atomic mass is 127. The molecule has 3 aromatic carbocycles. The Bertz CT molecular complexity index is 1000. The number of aromatic nitrogens is 3. The minimum atomic E-state index is -0.344. The van der Waals surface area contributed by atoms with Crippen LogP contribution < -0.4 is 5.32 Å². The molecule has 0 fully saturated rings. The lowest BCUT2D eigenvalue weighted by Crippen LogP contribution is -2.14. The van der Waals surface area contributed by atoms with Crippen molar-refractivity contribution in [3.63, 3.8) is 0 Å². The molecule has 1 aromatic heterocycles. The Morgan fingerprint density at radius 3 is 2.15 bits per heavy atom. The number of rotatable bonds is 4. The Kier molecular flexibility index (Phi) is 4.97. The minimum absolute atomic E-state index is 0.122. The molecule has 0 saturated carbocycles. The van der Waals surface area contributed by atoms with E-state index in [1.54, 1.807) is 4.68 Å². The molecule has 0 saturated heterocycles. The van der Waals surface area contributed by atoms with Crippen LogP contribution in [0.5, 0.6) is 0 Å². The van der Waals surface area contributed by atoms with Gasteiger partial charge in [-0.2, -0.15) is 0 Å². The smallest absolute Gasteiger partial charge is 0.295 e. The fourth-order valence-corrected chi connectivity index (χ4v) is 3.01. The normalized spacial score (nSPS) is 10.6. The zero-order chi connectivity index (χ0) is 18.6. The highest BCUT2D eigenvalue weighted by Crippen LogP contribution is 2.21. The van der Waals surface area contributed by atoms with E-state index in [1.807, 2.05) is 84.9 Å². The number of benzene rings is 3. The number of hydrogen-bond donors (Lipinski definition) is 1. The van der Waals surface area contributed by atoms with Crippen LogP contribution in [-0.4, -0.2) is 20.7 Å². The molecule has 5 nitrogen and oxygen atoms in total. The topological polar surface area (TPSA) is 59.8 Å². The molecule has 0 bridgehead atoms. The van der Waals surface area contributed by atoms with Crippen molar-refractivity contribution in [2.24, 2.45) is 0 Å². The number of amides is 1. The molecule has 4 aromatic rings. The maximum absolute atomic E-state index is 12.7. The van der Waals surface area contributed by atoms with Crippen molar-refractivity contribution in [3.05, 3.63) is 94.3 Å². The van der Waals surface area contributed by atoms with Crippen molar-refractivity contribution in [3.8, 4) is 17.1 Å². The van der Waals surface area contributed by atoms with E-state index in [0.717, 1.165) is 14.8 Å². The first-order valence-electron chi connectivity index (χ1n) is 8.35. The van der Waals surface area contributed by atoms with Crippen LogP contribution in [0.3, 0.4) is 0 Å². The summed E-state index contributed by atoms with van der Waals surface area (Å²) in [7, 11) is 0. The number of nitrogens with zero attached hydrogens (tertiary/aromatic N) is 3. The van der Waals surface area contributed by atoms with Gasteiger partial charge in [-0.15, -0.1) is 5.10 Å². The standard InChI is InChI=1S/C21H15IN4O/c22-16-11-13-17(14-12-16)23-21(27)19-24-20(15-7-3-1-4-8-15)26(25-19)18-9-5-2-6-10-18/h1-14H,(H,23,27). The van der Waals surface area contributed by atoms with Crippen molar-refractivity contribution < 1.29 is 4.79 Å². The first kappa shape index (κ1) is 17.4. The first-order chi connectivity index (χ1) is 13.2. The second kappa shape index (κ2) is 7.71. The molecule has 0 unspecified atom stereocenters. The largest absolute Gasteiger partial charge is 0.319 e. The quantitative estimate of drug-likeness (QED) is 0.440. The lowest BCUT2D eigenvalue weighted by atomic mass is 10.2. The van der Waals surface area contributed by atoms with Gasteiger partial charge in [0.1, 0.15) is 0 Å². The van der Waals surface area contributed by atoms with Crippen LogP contribution in [0.1, 0.15) is 10.6 Å². The summed E-state index contributed by atoms with van der Waals surface area (Å²) in [6.45, 7) is 0. The number of carbonyl (C=O) groups excluding carboxylic acids is 1. The summed E-state index contributed by atoms with van der Waals surface area (Å²) in [4.78, 5) is 17.2. The molecule has 0 atom stereocenters. The van der Waals surface area contributed by atoms with Gasteiger partial charge in [-0.25, -0.2) is 9.67 Å². The van der Waals surface area contributed by atoms with E-state index in [1.165, 1.54) is 0 Å². The molecule has 6 heteroatoms. The van der Waals surface area contributed by atoms with E-state index < -0.39 is 0 Å². The zero-order valence-electron chi connectivity index (χ0n) is 14.2. The Balaban J connectivity index is 1.72. The highest BCUT2D eigenvalue weighted by Gasteiger charge is 2.18. The zero-order valence-corrected chi connectivity index (χ0v) is 16.4. The summed E-state index contributed by atoms with van der Waals surface area (Å²) in [5.41, 5.74) is 2.44. The van der Waals surface area contributed by atoms with E-state index in [-0.39, 0.29) is 11.7 Å². The predicted octanol–water partition coefficient (Wildman–Crippen LogP) is 4.79. The number of anilines is 1. The first-order valence-corrected chi connectivity index (χ1v) is 9.43. The van der Waals surface area contributed by atoms with E-state index in [0.29, 0.717) is 11.5 Å². The van der Waals surface area contributed by atoms with Crippen molar-refractivity contribution >= 4 is 34.2 Å². The minimum Gasteiger partial charge on any atom is -0.319 e. The Hall–Kier alpha value is -3.00. The molecular weight excluding hydrogens is 451 g/mol. The Morgan fingerprint density at radius 1 is 0.852 bits per heavy atom. The van der Waals surface area contributed by atoms with Gasteiger partial charge in [-0.3, -0.25) is 4.79 Å². The Morgan fingerprint density at radius 2 is 1.48 bits per heavy atom. The monoisotopic (exact) mass is 466 g/mol. The van der Waals surface area contributed by atoms with Gasteiger partial charge < -0.3 is 5.32 Å². The SMILES string of the molecule is O=C(Nc1ccc(I)cc1)c1nc(-c2ccccc2)n(-c2ccccc2)n1. The molecular formula is C21H15IN4O. The van der Waals surface area contributed by atoms with Crippen LogP contribution in [0.4, 0.5) is 5.69 Å². The third kappa shape index (κ3) is 3.90. The van der Waals surface area contributed by atoms with Crippen molar-refractivity contribution in [1.82, 2.24) is 14.8 Å². The molecule has 0 radical (unpaired) electrons. The van der Waals surface area contributed by atoms with Gasteiger partial charge >= 0.3 is 0 Å². The number of carbonyl (C=O) groups is 1. The van der Waals surface area contributed by atoms with Gasteiger partial charge in [0.05, 0.1) is 5.69 Å². The summed E-state index contributed by atoms with van der Waals surface area (Å²) in [6.07, 6.45) is 0. The van der Waals surface area contributed by atoms with E-state index >= 15 is 0 Å². The third-order valence-corrected chi connectivity index (χ3v) is 4.66. The average Bonchev–Trinajstić information content (AvgIpc) is 3.17. The van der Waals surface area contributed by atoms with E-state index in [4.69, 9.17) is 0 Å². The van der Waals surface area contributed by atoms with Crippen LogP contribution >= 0.6 is 22.6 Å². The van der Waals surface area contributed by atoms with Gasteiger partial charge in [0, 0.05) is 14.8 Å². The molecule has 27 heavy (non-hydrogen) atoms. The fraction of sp³-hybridized carbons (Fsp3) is 0. The van der Waals surface area contributed by atoms with Crippen molar-refractivity contribution in [2.75, 3.05) is 5.32 Å². The second-order valence-electron chi connectivity index (χ2n) is 5.83. The molecule has 1 heterocycles. The van der Waals surface area contributed by atoms with Crippen LogP contribution in [0, 0.1) is 3.57 Å². The molecule has 0 aliphatic rings. The van der Waals surface area contributed by atoms with Gasteiger partial charge in [0.25, 0.3) is 5.91 Å². The summed E-state index contributed by atoms with van der Waals surface area (Å²) >= 11 is 2.22. The fourth-order valence-electron chi connectivity index (χ4n) is 2.65. The maximum Gasteiger partial charge on any atom is 0.295 e. The van der Waals surface area contributed by atoms with Gasteiger partial charge in [-0.05, 0) is 59.0 Å². The van der Waals surface area contributed by atoms with Gasteiger partial charge in [0.2, 0.25) is 5.82 Å². The van der Waals surface area contributed by atoms with Gasteiger partial charge in [0.15, 0.2) is 5.82 Å². The lowest BCUT2D eigenvalue weighted by molar-refractivity contribution is 0.101. The maximum atomic E-state index is 12.7. The second-order valence-corrected chi connectivity index (χ2v) is 7.08. The van der Waals surface area contributed by atoms with Gasteiger partial charge in [-0.1, -0.05) is 48.5 Å². The molecule has 132 valence electrons. The lowest BCUT2D eigenvalue weighted by Gasteiger charge is -2.05. The number of hydrogen-bond acceptors (Lipinski definition) is 3. The van der Waals surface area contributed by atoms with Crippen molar-refractivity contribution in [1.29, 1.82) is 0 Å². The molecule has 0 spiro atoms. The molecule has 0 aliphatic heterocycles. The molecule has 4 rings (SSSR count). The number of para-hydroxylation sites is 1. The number of nitrogens with one attached hydrogen (secondary N) is 1. The van der Waals surface area contributed by atoms with Crippen LogP contribution in [0.15, 0.2) is 84.9 Å². The number of halogens is 1. The summed E-state index contributed by atoms with van der Waals surface area (Å²) < 4.78 is 2.79. The Labute approximate surface area is 170 Å². The predicted molar refractivity (Wildman–Crippen MR) is 114 cm³/mol. The third-order valence-electron chi connectivity index (χ3n) is 3.95. The van der Waals surface area contributed by atoms with Crippen LogP contribution in [0.25, 0.3) is 17.1 Å². The van der Waals surface area contributed by atoms with Crippen LogP contribution in [-0.2, 0) is 0 Å². The van der Waals surface area contributed by atoms with Crippen molar-refractivity contribution in [2.45, 2.75) is 0 Å². The molecule has 0 aliphatic carbocycles. The molecule has 1 N–H and O–H groups in total. The summed E-state index contributed by atoms with van der Waals surface area (Å²) in [5, 5.41) is 7.31. The highest BCUT2D eigenvalue weighted by molar-refractivity contribution is 14.1. The average molecular weight is 466 g/mol. The molecule has 1 amide bonds. The van der Waals surface area contributed by atoms with E-state index in [2.05, 4.69) is 38.0 Å². The summed E-state index contributed by atoms with van der Waals surface area (Å²) in [6, 6.07) is 26.9. The van der Waals surface area contributed by atoms with E-state index in [9.17, 15) is 4.79 Å². The summed E-state index contributed by atoms with van der Waals surface area (Å²) in [5.74, 6) is 0.397. The van der Waals surface area contributed by atoms with Crippen LogP contribution in [0.2, 0.25) is 0 Å².